The van der Waals surface area contributed by atoms with E-state index in [1.807, 2.05) is 19.2 Å². The Morgan fingerprint density at radius 2 is 2.24 bits per heavy atom. The van der Waals surface area contributed by atoms with Crippen LogP contribution < -0.4 is 15.4 Å². The van der Waals surface area contributed by atoms with Crippen LogP contribution in [0.2, 0.25) is 0 Å². The largest absolute Gasteiger partial charge is 0.490 e. The highest BCUT2D eigenvalue weighted by molar-refractivity contribution is 5.80. The lowest BCUT2D eigenvalue weighted by atomic mass is 9.60. The van der Waals surface area contributed by atoms with Crippen molar-refractivity contribution in [1.82, 2.24) is 15.6 Å². The summed E-state index contributed by atoms with van der Waals surface area (Å²) in [6, 6.07) is 4.24. The summed E-state index contributed by atoms with van der Waals surface area (Å²) < 4.78 is 11.6. The molecule has 0 saturated heterocycles. The minimum absolute atomic E-state index is 0.305. The Morgan fingerprint density at radius 3 is 2.92 bits per heavy atom. The van der Waals surface area contributed by atoms with Gasteiger partial charge in [-0.25, -0.2) is 0 Å². The van der Waals surface area contributed by atoms with Gasteiger partial charge >= 0.3 is 0 Å². The Bertz CT molecular complexity index is 558. The minimum Gasteiger partial charge on any atom is -0.490 e. The number of rotatable bonds is 7. The fraction of sp³-hybridized carbons (Fsp3) is 0.684. The van der Waals surface area contributed by atoms with Crippen molar-refractivity contribution in [3.63, 3.8) is 0 Å². The van der Waals surface area contributed by atoms with E-state index in [4.69, 9.17) is 9.47 Å². The summed E-state index contributed by atoms with van der Waals surface area (Å²) in [5.41, 5.74) is 0.305. The second kappa shape index (κ2) is 8.52. The molecule has 3 rings (SSSR count). The number of nitrogens with zero attached hydrogens (tertiary/aromatic N) is 2. The summed E-state index contributed by atoms with van der Waals surface area (Å²) in [4.78, 5) is 8.41. The summed E-state index contributed by atoms with van der Waals surface area (Å²) >= 11 is 0. The Hall–Kier alpha value is -1.82. The number of hydrogen-bond donors (Lipinski definition) is 2. The third-order valence-corrected chi connectivity index (χ3v) is 5.52. The monoisotopic (exact) mass is 346 g/mol. The predicted molar refractivity (Wildman–Crippen MR) is 98.9 cm³/mol. The van der Waals surface area contributed by atoms with Crippen molar-refractivity contribution in [3.8, 4) is 5.75 Å². The van der Waals surface area contributed by atoms with Crippen LogP contribution in [0.5, 0.6) is 5.75 Å². The molecule has 6 nitrogen and oxygen atoms in total. The maximum atomic E-state index is 5.98. The van der Waals surface area contributed by atoms with Crippen molar-refractivity contribution < 1.29 is 9.47 Å². The number of ether oxygens (including phenoxy) is 2. The molecule has 2 unspecified atom stereocenters. The molecule has 2 fully saturated rings. The number of pyridine rings is 1. The van der Waals surface area contributed by atoms with Crippen molar-refractivity contribution >= 4 is 5.96 Å². The molecule has 2 N–H and O–H groups in total. The maximum absolute atomic E-state index is 5.98. The van der Waals surface area contributed by atoms with Gasteiger partial charge in [0, 0.05) is 31.3 Å². The molecule has 0 radical (unpaired) electrons. The third-order valence-electron chi connectivity index (χ3n) is 5.52. The Morgan fingerprint density at radius 1 is 1.40 bits per heavy atom. The summed E-state index contributed by atoms with van der Waals surface area (Å²) in [6.45, 7) is 4.16. The lowest BCUT2D eigenvalue weighted by molar-refractivity contribution is -0.125. The first kappa shape index (κ1) is 18.0. The number of hydrogen-bond acceptors (Lipinski definition) is 4. The first-order valence-electron chi connectivity index (χ1n) is 9.40. The zero-order valence-corrected chi connectivity index (χ0v) is 15.3. The van der Waals surface area contributed by atoms with Gasteiger partial charge in [0.25, 0.3) is 0 Å². The van der Waals surface area contributed by atoms with Gasteiger partial charge in [0.05, 0.1) is 18.8 Å². The van der Waals surface area contributed by atoms with Crippen LogP contribution in [0.15, 0.2) is 29.5 Å². The van der Waals surface area contributed by atoms with Crippen LogP contribution >= 0.6 is 0 Å². The highest BCUT2D eigenvalue weighted by atomic mass is 16.5. The molecular weight excluding hydrogens is 316 g/mol. The van der Waals surface area contributed by atoms with E-state index < -0.39 is 0 Å². The fourth-order valence-electron chi connectivity index (χ4n) is 4.22. The second-order valence-electron chi connectivity index (χ2n) is 6.85. The van der Waals surface area contributed by atoms with Crippen LogP contribution in [0.4, 0.5) is 0 Å². The number of aromatic nitrogens is 1. The molecule has 0 amide bonds. The van der Waals surface area contributed by atoms with Crippen LogP contribution in [0.1, 0.15) is 39.0 Å². The average molecular weight is 346 g/mol. The predicted octanol–water partition coefficient (Wildman–Crippen LogP) is 2.36. The number of nitrogens with one attached hydrogen (secondary N) is 2. The zero-order valence-electron chi connectivity index (χ0n) is 15.3. The first-order chi connectivity index (χ1) is 12.3. The molecule has 6 heteroatoms. The normalized spacial score (nSPS) is 24.8. The topological polar surface area (TPSA) is 67.8 Å². The van der Waals surface area contributed by atoms with Crippen molar-refractivity contribution in [1.29, 1.82) is 0 Å². The standard InChI is InChI=1S/C19H30N4O2/c1-3-24-17-13-16(19(17)8-4-5-9-19)23-18(20-2)22-11-12-25-15-7-6-10-21-14-15/h6-7,10,14,16-17H,3-5,8-9,11-13H2,1-2H3,(H2,20,22,23). The van der Waals surface area contributed by atoms with Gasteiger partial charge in [-0.15, -0.1) is 0 Å². The molecule has 1 aromatic heterocycles. The quantitative estimate of drug-likeness (QED) is 0.451. The number of aliphatic imine (C=N–C) groups is 1. The first-order valence-corrected chi connectivity index (χ1v) is 9.40. The molecular formula is C19H30N4O2. The van der Waals surface area contributed by atoms with Crippen molar-refractivity contribution in [2.24, 2.45) is 10.4 Å². The van der Waals surface area contributed by atoms with Gasteiger partial charge in [-0.3, -0.25) is 9.98 Å². The fourth-order valence-corrected chi connectivity index (χ4v) is 4.22. The van der Waals surface area contributed by atoms with E-state index >= 15 is 0 Å². The van der Waals surface area contributed by atoms with Crippen molar-refractivity contribution in [2.45, 2.75) is 51.2 Å². The molecule has 1 heterocycles. The molecule has 2 aliphatic rings. The van der Waals surface area contributed by atoms with E-state index in [9.17, 15) is 0 Å². The van der Waals surface area contributed by atoms with E-state index in [0.717, 1.165) is 24.7 Å². The van der Waals surface area contributed by atoms with Crippen LogP contribution in [-0.4, -0.2) is 49.9 Å². The van der Waals surface area contributed by atoms with Gasteiger partial charge in [-0.05, 0) is 38.3 Å². The molecule has 2 saturated carbocycles. The number of guanidine groups is 1. The van der Waals surface area contributed by atoms with E-state index in [1.165, 1.54) is 25.7 Å². The van der Waals surface area contributed by atoms with E-state index in [1.54, 1.807) is 12.4 Å². The minimum atomic E-state index is 0.305. The van der Waals surface area contributed by atoms with Gasteiger partial charge in [-0.1, -0.05) is 12.8 Å². The van der Waals surface area contributed by atoms with Gasteiger partial charge in [0.1, 0.15) is 12.4 Å². The third kappa shape index (κ3) is 4.06. The Kier molecular flexibility index (Phi) is 6.13. The molecule has 25 heavy (non-hydrogen) atoms. The van der Waals surface area contributed by atoms with Gasteiger partial charge in [0.2, 0.25) is 0 Å². The van der Waals surface area contributed by atoms with Crippen molar-refractivity contribution in [3.05, 3.63) is 24.5 Å². The van der Waals surface area contributed by atoms with E-state index in [-0.39, 0.29) is 0 Å². The summed E-state index contributed by atoms with van der Waals surface area (Å²) in [5.74, 6) is 1.64. The van der Waals surface area contributed by atoms with Gasteiger partial charge in [0.15, 0.2) is 5.96 Å². The molecule has 0 aromatic carbocycles. The molecule has 2 atom stereocenters. The Balaban J connectivity index is 1.44. The van der Waals surface area contributed by atoms with E-state index in [2.05, 4.69) is 27.5 Å². The van der Waals surface area contributed by atoms with Crippen LogP contribution in [0, 0.1) is 5.41 Å². The smallest absolute Gasteiger partial charge is 0.191 e. The lowest BCUT2D eigenvalue weighted by Crippen LogP contribution is -2.65. The lowest BCUT2D eigenvalue weighted by Gasteiger charge is -2.54. The summed E-state index contributed by atoms with van der Waals surface area (Å²) in [5, 5.41) is 6.96. The van der Waals surface area contributed by atoms with Crippen LogP contribution in [-0.2, 0) is 4.74 Å². The summed E-state index contributed by atoms with van der Waals surface area (Å²) in [7, 11) is 1.82. The highest BCUT2D eigenvalue weighted by Gasteiger charge is 2.56. The van der Waals surface area contributed by atoms with Crippen LogP contribution in [0.3, 0.4) is 0 Å². The Labute approximate surface area is 150 Å². The molecule has 138 valence electrons. The zero-order chi connectivity index (χ0) is 17.5. The second-order valence-corrected chi connectivity index (χ2v) is 6.85. The van der Waals surface area contributed by atoms with Gasteiger partial charge < -0.3 is 20.1 Å². The molecule has 0 bridgehead atoms. The highest BCUT2D eigenvalue weighted by Crippen LogP contribution is 2.54. The summed E-state index contributed by atoms with van der Waals surface area (Å²) in [6.07, 6.45) is 10.1. The van der Waals surface area contributed by atoms with Crippen LogP contribution in [0.25, 0.3) is 0 Å². The molecule has 1 spiro atoms. The average Bonchev–Trinajstić information content (AvgIpc) is 3.16. The van der Waals surface area contributed by atoms with E-state index in [0.29, 0.717) is 30.7 Å². The maximum Gasteiger partial charge on any atom is 0.191 e. The van der Waals surface area contributed by atoms with Gasteiger partial charge in [-0.2, -0.15) is 0 Å². The van der Waals surface area contributed by atoms with Crippen molar-refractivity contribution in [2.75, 3.05) is 26.8 Å². The molecule has 1 aromatic rings. The molecule has 2 aliphatic carbocycles. The molecule has 0 aliphatic heterocycles. The SMILES string of the molecule is CCOC1CC(NC(=NC)NCCOc2cccnc2)C12CCCC2.